The molecule has 0 spiro atoms. The van der Waals surface area contributed by atoms with Gasteiger partial charge in [0.25, 0.3) is 0 Å². The van der Waals surface area contributed by atoms with Gasteiger partial charge in [0.05, 0.1) is 38.0 Å². The maximum absolute atomic E-state index is 5.53. The highest BCUT2D eigenvalue weighted by Crippen LogP contribution is 2.51. The summed E-state index contributed by atoms with van der Waals surface area (Å²) < 4.78 is 7.05. The summed E-state index contributed by atoms with van der Waals surface area (Å²) in [5, 5.41) is 6.03. The van der Waals surface area contributed by atoms with Crippen LogP contribution in [0, 0.1) is 0 Å². The summed E-state index contributed by atoms with van der Waals surface area (Å²) in [4.78, 5) is 11.0. The second-order valence-corrected chi connectivity index (χ2v) is 16.1. The molecule has 0 saturated heterocycles. The van der Waals surface area contributed by atoms with Crippen molar-refractivity contribution in [1.82, 2.24) is 19.1 Å². The van der Waals surface area contributed by atoms with Gasteiger partial charge in [0.2, 0.25) is 5.95 Å². The molecule has 0 aliphatic heterocycles. The van der Waals surface area contributed by atoms with Crippen molar-refractivity contribution in [2.24, 2.45) is 0 Å². The summed E-state index contributed by atoms with van der Waals surface area (Å²) >= 11 is 1.77. The van der Waals surface area contributed by atoms with Crippen LogP contribution < -0.4 is 0 Å². The maximum atomic E-state index is 5.53. The van der Waals surface area contributed by atoms with Gasteiger partial charge in [-0.05, 0) is 64.7 Å². The van der Waals surface area contributed by atoms with E-state index in [-0.39, 0.29) is 5.41 Å². The fraction of sp³-hybridized carbons (Fsp3) is 0.0612. The topological polar surface area (TPSA) is 35.6 Å². The Balaban J connectivity index is 1.23. The minimum atomic E-state index is -0.154. The third-order valence-electron chi connectivity index (χ3n) is 11.7. The number of thiophene rings is 1. The first-order valence-corrected chi connectivity index (χ1v) is 19.3. The lowest BCUT2D eigenvalue weighted by Crippen LogP contribution is -2.15. The lowest BCUT2D eigenvalue weighted by Gasteiger charge is -2.21. The molecule has 54 heavy (non-hydrogen) atoms. The summed E-state index contributed by atoms with van der Waals surface area (Å²) in [5.41, 5.74) is 13.9. The van der Waals surface area contributed by atoms with Crippen LogP contribution in [0.4, 0.5) is 0 Å². The summed E-state index contributed by atoms with van der Waals surface area (Å²) in [6.07, 6.45) is 0. The van der Waals surface area contributed by atoms with Crippen molar-refractivity contribution in [1.29, 1.82) is 0 Å². The molecule has 0 bridgehead atoms. The second kappa shape index (κ2) is 10.8. The molecule has 254 valence electrons. The smallest absolute Gasteiger partial charge is 0.235 e. The van der Waals surface area contributed by atoms with Crippen molar-refractivity contribution in [3.05, 3.63) is 169 Å². The van der Waals surface area contributed by atoms with Crippen molar-refractivity contribution in [3.8, 4) is 34.0 Å². The van der Waals surface area contributed by atoms with Crippen LogP contribution >= 0.6 is 11.3 Å². The number of fused-ring (bicyclic) bond motifs is 12. The molecule has 0 unspecified atom stereocenters. The van der Waals surface area contributed by atoms with Gasteiger partial charge in [-0.1, -0.05) is 129 Å². The summed E-state index contributed by atoms with van der Waals surface area (Å²) in [7, 11) is 0. The molecular weight excluding hydrogens is 677 g/mol. The molecule has 0 saturated carbocycles. The van der Waals surface area contributed by atoms with Gasteiger partial charge in [-0.3, -0.25) is 4.57 Å². The SMILES string of the molecule is CC1(C)c2ccccc2-c2cc3c4ccc(-n5c6ccccc6c6ccccc65)cc4n(-c4nc(-c5ccccc5)c5sc6ccccc6c5n4)c3cc21. The predicted octanol–water partition coefficient (Wildman–Crippen LogP) is 13.0. The highest BCUT2D eigenvalue weighted by Gasteiger charge is 2.36. The van der Waals surface area contributed by atoms with E-state index in [1.165, 1.54) is 59.5 Å². The van der Waals surface area contributed by atoms with E-state index in [2.05, 4.69) is 181 Å². The van der Waals surface area contributed by atoms with Crippen LogP contribution in [0.25, 0.3) is 97.9 Å². The Morgan fingerprint density at radius 1 is 0.481 bits per heavy atom. The zero-order valence-corrected chi connectivity index (χ0v) is 30.5. The largest absolute Gasteiger partial charge is 0.309 e. The van der Waals surface area contributed by atoms with E-state index in [1.807, 2.05) is 0 Å². The molecule has 0 fully saturated rings. The molecule has 0 atom stereocenters. The van der Waals surface area contributed by atoms with E-state index in [0.29, 0.717) is 5.95 Å². The Hall–Kier alpha value is -6.56. The Kier molecular flexibility index (Phi) is 5.96. The minimum absolute atomic E-state index is 0.154. The van der Waals surface area contributed by atoms with Gasteiger partial charge in [0.1, 0.15) is 0 Å². The lowest BCUT2D eigenvalue weighted by molar-refractivity contribution is 0.661. The minimum Gasteiger partial charge on any atom is -0.309 e. The standard InChI is InChI=1S/C49H32N4S/c1-49(2)38-20-10-6-16-31(38)36-27-37-34-25-24-30(52-40-21-11-7-17-32(40)33-18-8-12-22-41(33)52)26-42(34)53(43(37)28-39(36)49)48-50-45(29-14-4-3-5-15-29)47-46(51-48)35-19-9-13-23-44(35)54-47/h3-28H,1-2H3. The molecule has 0 radical (unpaired) electrons. The molecule has 4 aromatic heterocycles. The van der Waals surface area contributed by atoms with Crippen LogP contribution in [0.2, 0.25) is 0 Å². The van der Waals surface area contributed by atoms with Gasteiger partial charge in [-0.15, -0.1) is 11.3 Å². The molecule has 11 aromatic rings. The van der Waals surface area contributed by atoms with Gasteiger partial charge in [0.15, 0.2) is 0 Å². The maximum Gasteiger partial charge on any atom is 0.235 e. The molecule has 0 amide bonds. The highest BCUT2D eigenvalue weighted by atomic mass is 32.1. The fourth-order valence-corrected chi connectivity index (χ4v) is 10.4. The molecule has 0 N–H and O–H groups in total. The normalized spacial score (nSPS) is 13.5. The quantitative estimate of drug-likeness (QED) is 0.183. The molecule has 4 heterocycles. The molecule has 4 nitrogen and oxygen atoms in total. The molecule has 1 aliphatic rings. The molecule has 5 heteroatoms. The van der Waals surface area contributed by atoms with Crippen molar-refractivity contribution in [2.45, 2.75) is 19.3 Å². The molecule has 1 aliphatic carbocycles. The van der Waals surface area contributed by atoms with Crippen LogP contribution in [0.15, 0.2) is 158 Å². The van der Waals surface area contributed by atoms with Gasteiger partial charge < -0.3 is 4.57 Å². The van der Waals surface area contributed by atoms with Gasteiger partial charge in [-0.25, -0.2) is 9.97 Å². The molecule has 7 aromatic carbocycles. The van der Waals surface area contributed by atoms with E-state index in [0.717, 1.165) is 43.6 Å². The number of hydrogen-bond acceptors (Lipinski definition) is 3. The average Bonchev–Trinajstić information content (AvgIpc) is 3.92. The fourth-order valence-electron chi connectivity index (χ4n) is 9.23. The summed E-state index contributed by atoms with van der Waals surface area (Å²) in [6, 6.07) is 57.3. The number of rotatable bonds is 3. The second-order valence-electron chi connectivity index (χ2n) is 15.0. The summed E-state index contributed by atoms with van der Waals surface area (Å²) in [5.74, 6) is 0.678. The van der Waals surface area contributed by atoms with Gasteiger partial charge >= 0.3 is 0 Å². The van der Waals surface area contributed by atoms with Crippen LogP contribution in [0.5, 0.6) is 0 Å². The van der Waals surface area contributed by atoms with Crippen molar-refractivity contribution in [2.75, 3.05) is 0 Å². The van der Waals surface area contributed by atoms with Crippen LogP contribution in [-0.4, -0.2) is 19.1 Å². The average molecular weight is 709 g/mol. The highest BCUT2D eigenvalue weighted by molar-refractivity contribution is 7.26. The monoisotopic (exact) mass is 708 g/mol. The van der Waals surface area contributed by atoms with Crippen molar-refractivity contribution in [3.63, 3.8) is 0 Å². The third kappa shape index (κ3) is 3.97. The van der Waals surface area contributed by atoms with E-state index in [9.17, 15) is 0 Å². The third-order valence-corrected chi connectivity index (χ3v) is 12.9. The van der Waals surface area contributed by atoms with Crippen molar-refractivity contribution >= 4 is 75.3 Å². The van der Waals surface area contributed by atoms with Gasteiger partial charge in [0, 0.05) is 48.3 Å². The summed E-state index contributed by atoms with van der Waals surface area (Å²) in [6.45, 7) is 4.70. The Bertz CT molecular complexity index is 3310. The zero-order chi connectivity index (χ0) is 35.7. The first kappa shape index (κ1) is 30.0. The Labute approximate surface area is 315 Å². The Morgan fingerprint density at radius 2 is 1.13 bits per heavy atom. The molecule has 12 rings (SSSR count). The van der Waals surface area contributed by atoms with E-state index >= 15 is 0 Å². The Morgan fingerprint density at radius 3 is 1.93 bits per heavy atom. The first-order valence-electron chi connectivity index (χ1n) is 18.5. The number of benzene rings is 7. The lowest BCUT2D eigenvalue weighted by atomic mass is 9.82. The zero-order valence-electron chi connectivity index (χ0n) is 29.7. The van der Waals surface area contributed by atoms with Gasteiger partial charge in [-0.2, -0.15) is 0 Å². The number of aromatic nitrogens is 4. The molecular formula is C49H32N4S. The van der Waals surface area contributed by atoms with E-state index in [1.54, 1.807) is 11.3 Å². The van der Waals surface area contributed by atoms with Crippen LogP contribution in [0.3, 0.4) is 0 Å². The van der Waals surface area contributed by atoms with Crippen LogP contribution in [-0.2, 0) is 5.41 Å². The predicted molar refractivity (Wildman–Crippen MR) is 227 cm³/mol. The van der Waals surface area contributed by atoms with Crippen molar-refractivity contribution < 1.29 is 0 Å². The van der Waals surface area contributed by atoms with Crippen LogP contribution in [0.1, 0.15) is 25.0 Å². The number of nitrogens with zero attached hydrogens (tertiary/aromatic N) is 4. The number of para-hydroxylation sites is 2. The van der Waals surface area contributed by atoms with E-state index < -0.39 is 0 Å². The first-order chi connectivity index (χ1) is 26.5. The number of hydrogen-bond donors (Lipinski definition) is 0. The van der Waals surface area contributed by atoms with E-state index in [4.69, 9.17) is 9.97 Å².